The van der Waals surface area contributed by atoms with Crippen molar-refractivity contribution in [2.75, 3.05) is 0 Å². The van der Waals surface area contributed by atoms with E-state index in [-0.39, 0.29) is 29.8 Å². The number of rotatable bonds is 4. The van der Waals surface area contributed by atoms with Crippen molar-refractivity contribution in [3.63, 3.8) is 0 Å². The highest BCUT2D eigenvalue weighted by Gasteiger charge is 2.31. The molecule has 0 spiro atoms. The first-order valence-corrected chi connectivity index (χ1v) is 7.40. The topological polar surface area (TPSA) is 97.4 Å². The molecule has 7 heteroatoms. The summed E-state index contributed by atoms with van der Waals surface area (Å²) >= 11 is 0. The number of aromatic nitrogens is 1. The fourth-order valence-electron chi connectivity index (χ4n) is 2.88. The highest BCUT2D eigenvalue weighted by atomic mass is 16.6. The lowest BCUT2D eigenvalue weighted by Crippen LogP contribution is -2.39. The summed E-state index contributed by atoms with van der Waals surface area (Å²) in [5.74, 6) is -0.253. The van der Waals surface area contributed by atoms with E-state index in [2.05, 4.69) is 5.32 Å². The predicted octanol–water partition coefficient (Wildman–Crippen LogP) is 1.76. The Balaban J connectivity index is 1.73. The Morgan fingerprint density at radius 2 is 1.95 bits per heavy atom. The molecule has 0 saturated heterocycles. The molecule has 0 aliphatic heterocycles. The van der Waals surface area contributed by atoms with Crippen LogP contribution in [0.1, 0.15) is 55.1 Å². The van der Waals surface area contributed by atoms with Gasteiger partial charge in [0.2, 0.25) is 0 Å². The summed E-state index contributed by atoms with van der Waals surface area (Å²) in [6, 6.07) is 1.61. The van der Waals surface area contributed by atoms with Crippen LogP contribution in [0.3, 0.4) is 0 Å². The van der Waals surface area contributed by atoms with E-state index in [1.807, 2.05) is 0 Å². The quantitative estimate of drug-likeness (QED) is 0.653. The molecule has 114 valence electrons. The Kier molecular flexibility index (Phi) is 3.67. The van der Waals surface area contributed by atoms with E-state index in [1.54, 1.807) is 4.57 Å². The molecule has 7 nitrogen and oxygen atoms in total. The highest BCUT2D eigenvalue weighted by molar-refractivity contribution is 5.93. The Morgan fingerprint density at radius 1 is 1.29 bits per heavy atom. The van der Waals surface area contributed by atoms with Gasteiger partial charge in [0.25, 0.3) is 11.6 Å². The monoisotopic (exact) mass is 293 g/mol. The lowest BCUT2D eigenvalue weighted by Gasteiger charge is -2.26. The maximum Gasteiger partial charge on any atom is 0.287 e. The van der Waals surface area contributed by atoms with Crippen LogP contribution in [-0.2, 0) is 0 Å². The minimum Gasteiger partial charge on any atom is -0.393 e. The number of nitrogens with zero attached hydrogens (tertiary/aromatic N) is 2. The maximum atomic E-state index is 12.4. The van der Waals surface area contributed by atoms with E-state index in [9.17, 15) is 20.0 Å². The van der Waals surface area contributed by atoms with E-state index in [4.69, 9.17) is 0 Å². The molecule has 1 heterocycles. The number of amides is 1. The van der Waals surface area contributed by atoms with Crippen molar-refractivity contribution >= 4 is 11.6 Å². The predicted molar refractivity (Wildman–Crippen MR) is 75.1 cm³/mol. The van der Waals surface area contributed by atoms with E-state index in [1.165, 1.54) is 12.3 Å². The number of aliphatic hydroxyl groups is 1. The second-order valence-corrected chi connectivity index (χ2v) is 5.96. The Morgan fingerprint density at radius 3 is 2.52 bits per heavy atom. The fourth-order valence-corrected chi connectivity index (χ4v) is 2.88. The molecule has 2 saturated carbocycles. The average molecular weight is 293 g/mol. The molecule has 0 bridgehead atoms. The van der Waals surface area contributed by atoms with Crippen molar-refractivity contribution in [2.45, 2.75) is 56.7 Å². The highest BCUT2D eigenvalue weighted by Crippen LogP contribution is 2.38. The van der Waals surface area contributed by atoms with E-state index < -0.39 is 4.92 Å². The molecular formula is C14H19N3O4. The molecule has 0 radical (unpaired) electrons. The first kappa shape index (κ1) is 14.1. The third-order valence-corrected chi connectivity index (χ3v) is 4.25. The van der Waals surface area contributed by atoms with Crippen molar-refractivity contribution in [3.8, 4) is 0 Å². The molecular weight excluding hydrogens is 274 g/mol. The third-order valence-electron chi connectivity index (χ3n) is 4.25. The van der Waals surface area contributed by atoms with E-state index >= 15 is 0 Å². The van der Waals surface area contributed by atoms with Crippen molar-refractivity contribution < 1.29 is 14.8 Å². The third kappa shape index (κ3) is 3.07. The van der Waals surface area contributed by atoms with Crippen molar-refractivity contribution in [2.24, 2.45) is 0 Å². The van der Waals surface area contributed by atoms with Gasteiger partial charge in [0.1, 0.15) is 5.69 Å². The van der Waals surface area contributed by atoms with Crippen LogP contribution < -0.4 is 5.32 Å². The Hall–Kier alpha value is -1.89. The average Bonchev–Trinajstić information content (AvgIpc) is 3.19. The van der Waals surface area contributed by atoms with Gasteiger partial charge in [-0.1, -0.05) is 0 Å². The van der Waals surface area contributed by atoms with Crippen LogP contribution in [-0.4, -0.2) is 32.6 Å². The van der Waals surface area contributed by atoms with Crippen LogP contribution in [0.25, 0.3) is 0 Å². The minimum absolute atomic E-state index is 0.0360. The minimum atomic E-state index is -0.466. The molecule has 2 N–H and O–H groups in total. The van der Waals surface area contributed by atoms with Crippen LogP contribution in [0, 0.1) is 10.1 Å². The molecule has 0 unspecified atom stereocenters. The molecule has 21 heavy (non-hydrogen) atoms. The number of carbonyl (C=O) groups is 1. The van der Waals surface area contributed by atoms with Crippen LogP contribution in [0.2, 0.25) is 0 Å². The molecule has 2 aliphatic carbocycles. The molecule has 1 aromatic heterocycles. The van der Waals surface area contributed by atoms with Gasteiger partial charge in [-0.25, -0.2) is 0 Å². The van der Waals surface area contributed by atoms with Gasteiger partial charge in [-0.05, 0) is 38.5 Å². The largest absolute Gasteiger partial charge is 0.393 e. The standard InChI is InChI=1S/C14H19N3O4/c18-12-5-1-9(2-6-12)15-14(19)13-7-11(17(20)21)8-16(13)10-3-4-10/h7-10,12,18H,1-6H2,(H,15,19). The van der Waals surface area contributed by atoms with Crippen molar-refractivity contribution in [1.82, 2.24) is 9.88 Å². The van der Waals surface area contributed by atoms with Gasteiger partial charge < -0.3 is 15.0 Å². The van der Waals surface area contributed by atoms with E-state index in [0.29, 0.717) is 18.5 Å². The van der Waals surface area contributed by atoms with Crippen LogP contribution >= 0.6 is 0 Å². The van der Waals surface area contributed by atoms with Gasteiger partial charge in [-0.15, -0.1) is 0 Å². The smallest absolute Gasteiger partial charge is 0.287 e. The van der Waals surface area contributed by atoms with Gasteiger partial charge in [0, 0.05) is 18.2 Å². The number of carbonyl (C=O) groups excluding carboxylic acids is 1. The summed E-state index contributed by atoms with van der Waals surface area (Å²) < 4.78 is 1.73. The van der Waals surface area contributed by atoms with Gasteiger partial charge in [0.05, 0.1) is 17.2 Å². The molecule has 3 rings (SSSR count). The summed E-state index contributed by atoms with van der Waals surface area (Å²) in [6.45, 7) is 0. The zero-order valence-corrected chi connectivity index (χ0v) is 11.7. The maximum absolute atomic E-state index is 12.4. The van der Waals surface area contributed by atoms with Crippen molar-refractivity contribution in [3.05, 3.63) is 28.1 Å². The Bertz CT molecular complexity index is 557. The number of hydrogen-bond donors (Lipinski definition) is 2. The second-order valence-electron chi connectivity index (χ2n) is 5.96. The van der Waals surface area contributed by atoms with Crippen LogP contribution in [0.5, 0.6) is 0 Å². The number of nitro groups is 1. The molecule has 1 amide bonds. The first-order chi connectivity index (χ1) is 10.0. The van der Waals surface area contributed by atoms with Crippen LogP contribution in [0.4, 0.5) is 5.69 Å². The number of aliphatic hydroxyl groups excluding tert-OH is 1. The first-order valence-electron chi connectivity index (χ1n) is 7.40. The zero-order chi connectivity index (χ0) is 15.0. The normalized spacial score (nSPS) is 25.6. The molecule has 2 fully saturated rings. The fraction of sp³-hybridized carbons (Fsp3) is 0.643. The molecule has 1 aromatic rings. The number of hydrogen-bond acceptors (Lipinski definition) is 4. The van der Waals surface area contributed by atoms with Crippen LogP contribution in [0.15, 0.2) is 12.3 Å². The molecule has 2 aliphatic rings. The van der Waals surface area contributed by atoms with Gasteiger partial charge in [-0.3, -0.25) is 14.9 Å². The lowest BCUT2D eigenvalue weighted by atomic mass is 9.93. The second kappa shape index (κ2) is 5.48. The SMILES string of the molecule is O=C(NC1CCC(O)CC1)c1cc([N+](=O)[O-])cn1C1CC1. The Labute approximate surface area is 122 Å². The zero-order valence-electron chi connectivity index (χ0n) is 11.7. The number of nitrogens with one attached hydrogen (secondary N) is 1. The molecule has 0 aromatic carbocycles. The lowest BCUT2D eigenvalue weighted by molar-refractivity contribution is -0.384. The summed E-state index contributed by atoms with van der Waals surface area (Å²) in [5, 5.41) is 23.3. The van der Waals surface area contributed by atoms with Gasteiger partial charge in [-0.2, -0.15) is 0 Å². The van der Waals surface area contributed by atoms with Gasteiger partial charge >= 0.3 is 0 Å². The summed E-state index contributed by atoms with van der Waals surface area (Å²) in [5.41, 5.74) is 0.335. The summed E-state index contributed by atoms with van der Waals surface area (Å²) in [4.78, 5) is 22.8. The van der Waals surface area contributed by atoms with Gasteiger partial charge in [0.15, 0.2) is 0 Å². The summed E-state index contributed by atoms with van der Waals surface area (Å²) in [6.07, 6.45) is 5.98. The summed E-state index contributed by atoms with van der Waals surface area (Å²) in [7, 11) is 0. The molecule has 0 atom stereocenters. The van der Waals surface area contributed by atoms with E-state index in [0.717, 1.165) is 25.7 Å². The van der Waals surface area contributed by atoms with Crippen molar-refractivity contribution in [1.29, 1.82) is 0 Å².